The molecule has 0 unspecified atom stereocenters. The Morgan fingerprint density at radius 2 is 1.25 bits per heavy atom. The minimum absolute atomic E-state index is 0.142. The summed E-state index contributed by atoms with van der Waals surface area (Å²) in [6.45, 7) is 6.03. The van der Waals surface area contributed by atoms with Crippen LogP contribution in [0.2, 0.25) is 0 Å². The number of para-hydroxylation sites is 1. The van der Waals surface area contributed by atoms with Gasteiger partial charge in [-0.2, -0.15) is 0 Å². The molecule has 0 saturated heterocycles. The first-order chi connectivity index (χ1) is 13.6. The predicted molar refractivity (Wildman–Crippen MR) is 113 cm³/mol. The minimum Gasteiger partial charge on any atom is -0.481 e. The lowest BCUT2D eigenvalue weighted by atomic mass is 9.98. The van der Waals surface area contributed by atoms with Gasteiger partial charge in [0.15, 0.2) is 6.10 Å². The van der Waals surface area contributed by atoms with Gasteiger partial charge in [0.25, 0.3) is 5.91 Å². The second-order valence-electron chi connectivity index (χ2n) is 7.22. The topological polar surface area (TPSA) is 38.3 Å². The van der Waals surface area contributed by atoms with E-state index < -0.39 is 6.10 Å². The lowest BCUT2D eigenvalue weighted by Gasteiger charge is -2.23. The van der Waals surface area contributed by atoms with Crippen molar-refractivity contribution in [3.63, 3.8) is 0 Å². The first kappa shape index (κ1) is 19.7. The van der Waals surface area contributed by atoms with Crippen molar-refractivity contribution in [3.8, 4) is 5.75 Å². The summed E-state index contributed by atoms with van der Waals surface area (Å²) in [5.41, 5.74) is 3.18. The molecular formula is C25H27NO2. The van der Waals surface area contributed by atoms with Crippen LogP contribution in [0.15, 0.2) is 84.9 Å². The smallest absolute Gasteiger partial charge is 0.261 e. The fourth-order valence-corrected chi connectivity index (χ4v) is 3.22. The Morgan fingerprint density at radius 3 is 1.79 bits per heavy atom. The van der Waals surface area contributed by atoms with Crippen LogP contribution in [0.4, 0.5) is 0 Å². The van der Waals surface area contributed by atoms with Crippen LogP contribution in [0.3, 0.4) is 0 Å². The SMILES string of the molecule is CC(C)c1ccccc1O[C@@H](C)C(=O)NC(c1ccccc1)c1ccccc1. The summed E-state index contributed by atoms with van der Waals surface area (Å²) < 4.78 is 6.03. The van der Waals surface area contributed by atoms with Crippen LogP contribution in [-0.4, -0.2) is 12.0 Å². The molecule has 3 rings (SSSR count). The van der Waals surface area contributed by atoms with Crippen molar-refractivity contribution >= 4 is 5.91 Å². The molecule has 3 aromatic carbocycles. The standard InChI is InChI=1S/C25H27NO2/c1-18(2)22-16-10-11-17-23(22)28-19(3)25(27)26-24(20-12-6-4-7-13-20)21-14-8-5-9-15-21/h4-19,24H,1-3H3,(H,26,27)/t19-/m0/s1. The van der Waals surface area contributed by atoms with E-state index in [0.717, 1.165) is 22.4 Å². The Balaban J connectivity index is 1.79. The van der Waals surface area contributed by atoms with Crippen LogP contribution in [0.25, 0.3) is 0 Å². The van der Waals surface area contributed by atoms with E-state index in [-0.39, 0.29) is 11.9 Å². The van der Waals surface area contributed by atoms with Gasteiger partial charge in [0.2, 0.25) is 0 Å². The Kier molecular flexibility index (Phi) is 6.49. The molecule has 1 atom stereocenters. The zero-order valence-corrected chi connectivity index (χ0v) is 16.6. The number of hydrogen-bond acceptors (Lipinski definition) is 2. The molecule has 0 aliphatic carbocycles. The molecule has 1 amide bonds. The Hall–Kier alpha value is -3.07. The van der Waals surface area contributed by atoms with Crippen molar-refractivity contribution in [2.75, 3.05) is 0 Å². The van der Waals surface area contributed by atoms with Gasteiger partial charge in [-0.15, -0.1) is 0 Å². The summed E-state index contributed by atoms with van der Waals surface area (Å²) in [6, 6.07) is 27.6. The molecule has 0 bridgehead atoms. The number of nitrogens with one attached hydrogen (secondary N) is 1. The van der Waals surface area contributed by atoms with Crippen molar-refractivity contribution in [2.45, 2.75) is 38.8 Å². The van der Waals surface area contributed by atoms with Gasteiger partial charge in [-0.05, 0) is 35.6 Å². The highest BCUT2D eigenvalue weighted by molar-refractivity contribution is 5.81. The van der Waals surface area contributed by atoms with Crippen molar-refractivity contribution in [1.82, 2.24) is 5.32 Å². The van der Waals surface area contributed by atoms with E-state index in [1.54, 1.807) is 6.92 Å². The van der Waals surface area contributed by atoms with Crippen LogP contribution in [0.1, 0.15) is 49.4 Å². The van der Waals surface area contributed by atoms with E-state index in [1.807, 2.05) is 84.9 Å². The maximum Gasteiger partial charge on any atom is 0.261 e. The van der Waals surface area contributed by atoms with Gasteiger partial charge in [-0.3, -0.25) is 4.79 Å². The van der Waals surface area contributed by atoms with Gasteiger partial charge in [0.1, 0.15) is 5.75 Å². The number of carbonyl (C=O) groups is 1. The van der Waals surface area contributed by atoms with Gasteiger partial charge < -0.3 is 10.1 Å². The summed E-state index contributed by atoms with van der Waals surface area (Å²) in [4.78, 5) is 12.9. The first-order valence-electron chi connectivity index (χ1n) is 9.72. The summed E-state index contributed by atoms with van der Waals surface area (Å²) >= 11 is 0. The molecule has 28 heavy (non-hydrogen) atoms. The molecule has 144 valence electrons. The third-order valence-corrected chi connectivity index (χ3v) is 4.77. The molecule has 0 spiro atoms. The lowest BCUT2D eigenvalue weighted by Crippen LogP contribution is -2.39. The van der Waals surface area contributed by atoms with Crippen LogP contribution in [0, 0.1) is 0 Å². The molecule has 1 N–H and O–H groups in total. The zero-order valence-electron chi connectivity index (χ0n) is 16.6. The number of hydrogen-bond donors (Lipinski definition) is 1. The highest BCUT2D eigenvalue weighted by atomic mass is 16.5. The number of benzene rings is 3. The summed E-state index contributed by atoms with van der Waals surface area (Å²) in [7, 11) is 0. The highest BCUT2D eigenvalue weighted by Crippen LogP contribution is 2.27. The molecule has 0 aliphatic rings. The second kappa shape index (κ2) is 9.23. The maximum absolute atomic E-state index is 12.9. The van der Waals surface area contributed by atoms with Gasteiger partial charge in [-0.1, -0.05) is 92.7 Å². The summed E-state index contributed by atoms with van der Waals surface area (Å²) in [6.07, 6.45) is -0.602. The minimum atomic E-state index is -0.602. The average Bonchev–Trinajstić information content (AvgIpc) is 2.73. The normalized spacial score (nSPS) is 12.0. The third kappa shape index (κ3) is 4.80. The molecule has 0 aliphatic heterocycles. The molecule has 3 heteroatoms. The second-order valence-corrected chi connectivity index (χ2v) is 7.22. The largest absolute Gasteiger partial charge is 0.481 e. The molecule has 3 nitrogen and oxygen atoms in total. The number of amides is 1. The monoisotopic (exact) mass is 373 g/mol. The van der Waals surface area contributed by atoms with E-state index in [2.05, 4.69) is 19.2 Å². The number of rotatable bonds is 7. The molecule has 0 saturated carbocycles. The van der Waals surface area contributed by atoms with Crippen LogP contribution in [0.5, 0.6) is 5.75 Å². The first-order valence-corrected chi connectivity index (χ1v) is 9.72. The Morgan fingerprint density at radius 1 is 0.750 bits per heavy atom. The van der Waals surface area contributed by atoms with Crippen LogP contribution >= 0.6 is 0 Å². The van der Waals surface area contributed by atoms with Crippen molar-refractivity contribution < 1.29 is 9.53 Å². The quantitative estimate of drug-likeness (QED) is 0.595. The van der Waals surface area contributed by atoms with Gasteiger partial charge >= 0.3 is 0 Å². The van der Waals surface area contributed by atoms with E-state index in [1.165, 1.54) is 0 Å². The molecule has 0 aromatic heterocycles. The Labute approximate surface area is 167 Å². The average molecular weight is 373 g/mol. The third-order valence-electron chi connectivity index (χ3n) is 4.77. The highest BCUT2D eigenvalue weighted by Gasteiger charge is 2.22. The van der Waals surface area contributed by atoms with Gasteiger partial charge in [0.05, 0.1) is 6.04 Å². The predicted octanol–water partition coefficient (Wildman–Crippen LogP) is 5.48. The van der Waals surface area contributed by atoms with Crippen molar-refractivity contribution in [3.05, 3.63) is 102 Å². The van der Waals surface area contributed by atoms with Crippen LogP contribution in [-0.2, 0) is 4.79 Å². The molecular weight excluding hydrogens is 346 g/mol. The van der Waals surface area contributed by atoms with Crippen molar-refractivity contribution in [2.24, 2.45) is 0 Å². The van der Waals surface area contributed by atoms with Gasteiger partial charge in [0, 0.05) is 0 Å². The number of ether oxygens (including phenoxy) is 1. The van der Waals surface area contributed by atoms with Gasteiger partial charge in [-0.25, -0.2) is 0 Å². The lowest BCUT2D eigenvalue weighted by molar-refractivity contribution is -0.127. The molecule has 0 fully saturated rings. The van der Waals surface area contributed by atoms with E-state index >= 15 is 0 Å². The fraction of sp³-hybridized carbons (Fsp3) is 0.240. The Bertz CT molecular complexity index is 851. The van der Waals surface area contributed by atoms with E-state index in [4.69, 9.17) is 4.74 Å². The van der Waals surface area contributed by atoms with E-state index in [0.29, 0.717) is 5.92 Å². The van der Waals surface area contributed by atoms with E-state index in [9.17, 15) is 4.79 Å². The molecule has 3 aromatic rings. The summed E-state index contributed by atoms with van der Waals surface area (Å²) in [5.74, 6) is 0.945. The van der Waals surface area contributed by atoms with Crippen molar-refractivity contribution in [1.29, 1.82) is 0 Å². The zero-order chi connectivity index (χ0) is 19.9. The molecule has 0 heterocycles. The summed E-state index contributed by atoms with van der Waals surface area (Å²) in [5, 5.41) is 3.15. The number of carbonyl (C=O) groups excluding carboxylic acids is 1. The molecule has 0 radical (unpaired) electrons. The fourth-order valence-electron chi connectivity index (χ4n) is 3.22. The van der Waals surface area contributed by atoms with Crippen LogP contribution < -0.4 is 10.1 Å². The maximum atomic E-state index is 12.9.